The first-order valence-electron chi connectivity index (χ1n) is 20.6. The first-order chi connectivity index (χ1) is 25.7. The van der Waals surface area contributed by atoms with Crippen LogP contribution in [0.25, 0.3) is 0 Å². The number of ether oxygens (including phenoxy) is 2. The molecule has 0 saturated carbocycles. The molecule has 11 heteroatoms. The number of unbranched alkanes of at least 4 members (excludes halogenated alkanes) is 16. The third-order valence-electron chi connectivity index (χ3n) is 8.49. The molecule has 0 fully saturated rings. The van der Waals surface area contributed by atoms with E-state index in [4.69, 9.17) is 19.1 Å². The molecule has 0 spiro atoms. The maximum absolute atomic E-state index is 12.6. The number of esters is 2. The van der Waals surface area contributed by atoms with E-state index in [1.807, 2.05) is 0 Å². The van der Waals surface area contributed by atoms with Crippen LogP contribution in [0.4, 0.5) is 0 Å². The van der Waals surface area contributed by atoms with Crippen LogP contribution in [0.15, 0.2) is 48.6 Å². The van der Waals surface area contributed by atoms with Gasteiger partial charge in [0.2, 0.25) is 0 Å². The van der Waals surface area contributed by atoms with Gasteiger partial charge in [0.05, 0.1) is 19.8 Å². The summed E-state index contributed by atoms with van der Waals surface area (Å²) < 4.78 is 32.6. The maximum Gasteiger partial charge on any atom is 0.472 e. The number of rotatable bonds is 38. The van der Waals surface area contributed by atoms with Crippen LogP contribution in [0.2, 0.25) is 0 Å². The molecular formula is C42H75O10P. The fraction of sp³-hybridized carbons (Fsp3) is 0.762. The highest BCUT2D eigenvalue weighted by Gasteiger charge is 2.27. The molecule has 0 amide bonds. The highest BCUT2D eigenvalue weighted by molar-refractivity contribution is 7.47. The summed E-state index contributed by atoms with van der Waals surface area (Å²) in [5.41, 5.74) is 0. The quantitative estimate of drug-likeness (QED) is 0.0240. The van der Waals surface area contributed by atoms with E-state index in [2.05, 4.69) is 67.0 Å². The smallest absolute Gasteiger partial charge is 0.462 e. The van der Waals surface area contributed by atoms with Crippen LogP contribution < -0.4 is 0 Å². The number of aliphatic hydroxyl groups is 2. The molecule has 3 atom stereocenters. The molecular weight excluding hydrogens is 695 g/mol. The van der Waals surface area contributed by atoms with Crippen molar-refractivity contribution in [1.82, 2.24) is 0 Å². The second-order valence-corrected chi connectivity index (χ2v) is 15.1. The summed E-state index contributed by atoms with van der Waals surface area (Å²) in [6.45, 7) is 2.29. The van der Waals surface area contributed by atoms with E-state index in [1.54, 1.807) is 0 Å². The Morgan fingerprint density at radius 2 is 0.981 bits per heavy atom. The van der Waals surface area contributed by atoms with E-state index in [1.165, 1.54) is 70.6 Å². The summed E-state index contributed by atoms with van der Waals surface area (Å²) in [5, 5.41) is 18.3. The molecule has 10 nitrogen and oxygen atoms in total. The molecule has 0 aliphatic carbocycles. The second kappa shape index (κ2) is 38.2. The van der Waals surface area contributed by atoms with Crippen LogP contribution in [-0.4, -0.2) is 65.7 Å². The number of aliphatic hydroxyl groups excluding tert-OH is 2. The SMILES string of the molecule is CCCCC/C=C/C/C=C/C/C=C/C/C=C/CCCCCC(=O)O[C@H](COC(=O)CCCCCCCCCCCCC)COP(=O)(O)OC[C@@H](O)CO. The zero-order valence-corrected chi connectivity index (χ0v) is 34.1. The molecule has 0 aliphatic rings. The van der Waals surface area contributed by atoms with E-state index in [9.17, 15) is 24.2 Å². The average molecular weight is 771 g/mol. The van der Waals surface area contributed by atoms with Crippen molar-refractivity contribution in [2.75, 3.05) is 26.4 Å². The number of hydrogen-bond acceptors (Lipinski definition) is 9. The van der Waals surface area contributed by atoms with Crippen molar-refractivity contribution < 1.29 is 47.8 Å². The normalized spacial score (nSPS) is 14.4. The van der Waals surface area contributed by atoms with Crippen molar-refractivity contribution in [2.24, 2.45) is 0 Å². The first-order valence-corrected chi connectivity index (χ1v) is 22.1. The van der Waals surface area contributed by atoms with Crippen LogP contribution in [0, 0.1) is 0 Å². The van der Waals surface area contributed by atoms with Crippen molar-refractivity contribution >= 4 is 19.8 Å². The molecule has 1 unspecified atom stereocenters. The Kier molecular flexibility index (Phi) is 36.7. The van der Waals surface area contributed by atoms with Crippen molar-refractivity contribution in [2.45, 2.75) is 180 Å². The Hall–Kier alpha value is -2.07. The number of phosphoric acid groups is 1. The molecule has 0 aromatic carbocycles. The molecule has 53 heavy (non-hydrogen) atoms. The molecule has 0 aromatic heterocycles. The van der Waals surface area contributed by atoms with E-state index in [0.29, 0.717) is 12.8 Å². The van der Waals surface area contributed by atoms with Crippen molar-refractivity contribution in [1.29, 1.82) is 0 Å². The zero-order valence-electron chi connectivity index (χ0n) is 33.2. The molecule has 0 heterocycles. The largest absolute Gasteiger partial charge is 0.472 e. The average Bonchev–Trinajstić information content (AvgIpc) is 3.14. The van der Waals surface area contributed by atoms with Gasteiger partial charge in [-0.3, -0.25) is 18.6 Å². The van der Waals surface area contributed by atoms with Crippen molar-refractivity contribution in [3.05, 3.63) is 48.6 Å². The molecule has 0 saturated heterocycles. The molecule has 0 radical (unpaired) electrons. The summed E-state index contributed by atoms with van der Waals surface area (Å²) in [7, 11) is -4.62. The molecule has 0 rings (SSSR count). The van der Waals surface area contributed by atoms with E-state index in [-0.39, 0.29) is 19.4 Å². The monoisotopic (exact) mass is 771 g/mol. The lowest BCUT2D eigenvalue weighted by atomic mass is 10.1. The molecule has 3 N–H and O–H groups in total. The lowest BCUT2D eigenvalue weighted by molar-refractivity contribution is -0.161. The number of phosphoric ester groups is 1. The molecule has 0 aliphatic heterocycles. The fourth-order valence-corrected chi connectivity index (χ4v) is 6.06. The van der Waals surface area contributed by atoms with Gasteiger partial charge in [0.25, 0.3) is 0 Å². The molecule has 0 aromatic rings. The van der Waals surface area contributed by atoms with Crippen LogP contribution >= 0.6 is 7.82 Å². The topological polar surface area (TPSA) is 149 Å². The van der Waals surface area contributed by atoms with Gasteiger partial charge >= 0.3 is 19.8 Å². The van der Waals surface area contributed by atoms with Gasteiger partial charge in [-0.15, -0.1) is 0 Å². The molecule has 308 valence electrons. The number of carbonyl (C=O) groups is 2. The van der Waals surface area contributed by atoms with Gasteiger partial charge in [-0.25, -0.2) is 4.57 Å². The van der Waals surface area contributed by atoms with Crippen LogP contribution in [0.1, 0.15) is 168 Å². The van der Waals surface area contributed by atoms with Gasteiger partial charge < -0.3 is 24.6 Å². The Bertz CT molecular complexity index is 1030. The van der Waals surface area contributed by atoms with Gasteiger partial charge in [-0.05, 0) is 57.8 Å². The third kappa shape index (κ3) is 38.0. The molecule has 0 bridgehead atoms. The second-order valence-electron chi connectivity index (χ2n) is 13.7. The van der Waals surface area contributed by atoms with Gasteiger partial charge in [0.1, 0.15) is 12.7 Å². The Morgan fingerprint density at radius 3 is 1.51 bits per heavy atom. The minimum absolute atomic E-state index is 0.147. The zero-order chi connectivity index (χ0) is 39.1. The highest BCUT2D eigenvalue weighted by atomic mass is 31.2. The standard InChI is InChI=1S/C42H75O10P/c1-3-5-7-9-11-13-15-16-17-18-19-20-21-22-24-26-28-30-32-34-42(46)52-40(38-51-53(47,48)50-36-39(44)35-43)37-49-41(45)33-31-29-27-25-23-14-12-10-8-6-4-2/h11,13,16-17,19-20,22,24,39-40,43-44H,3-10,12,14-15,18,21,23,25-38H2,1-2H3,(H,47,48)/b13-11+,17-16+,20-19+,24-22+/t39-,40+/m0/s1. The van der Waals surface area contributed by atoms with Gasteiger partial charge in [0, 0.05) is 12.8 Å². The van der Waals surface area contributed by atoms with Crippen LogP contribution in [0.5, 0.6) is 0 Å². The lowest BCUT2D eigenvalue weighted by Gasteiger charge is -2.20. The Morgan fingerprint density at radius 1 is 0.566 bits per heavy atom. The van der Waals surface area contributed by atoms with Crippen molar-refractivity contribution in [3.63, 3.8) is 0 Å². The minimum Gasteiger partial charge on any atom is -0.462 e. The Balaban J connectivity index is 4.39. The van der Waals surface area contributed by atoms with Gasteiger partial charge in [0.15, 0.2) is 6.10 Å². The summed E-state index contributed by atoms with van der Waals surface area (Å²) >= 11 is 0. The predicted octanol–water partition coefficient (Wildman–Crippen LogP) is 10.6. The number of hydrogen-bond donors (Lipinski definition) is 3. The first kappa shape index (κ1) is 50.9. The van der Waals surface area contributed by atoms with E-state index in [0.717, 1.165) is 57.8 Å². The van der Waals surface area contributed by atoms with Gasteiger partial charge in [-0.1, -0.05) is 146 Å². The van der Waals surface area contributed by atoms with Gasteiger partial charge in [-0.2, -0.15) is 0 Å². The van der Waals surface area contributed by atoms with Crippen LogP contribution in [-0.2, 0) is 32.7 Å². The summed E-state index contributed by atoms with van der Waals surface area (Å²) in [4.78, 5) is 34.9. The van der Waals surface area contributed by atoms with E-state index < -0.39 is 51.8 Å². The van der Waals surface area contributed by atoms with Crippen molar-refractivity contribution in [3.8, 4) is 0 Å². The maximum atomic E-state index is 12.6. The number of carbonyl (C=O) groups excluding carboxylic acids is 2. The summed E-state index contributed by atoms with van der Waals surface area (Å²) in [6, 6.07) is 0. The van der Waals surface area contributed by atoms with Crippen LogP contribution in [0.3, 0.4) is 0 Å². The minimum atomic E-state index is -4.62. The summed E-state index contributed by atoms with van der Waals surface area (Å²) in [5.74, 6) is -0.963. The lowest BCUT2D eigenvalue weighted by Crippen LogP contribution is -2.29. The third-order valence-corrected chi connectivity index (χ3v) is 9.44. The number of allylic oxidation sites excluding steroid dienone is 8. The fourth-order valence-electron chi connectivity index (χ4n) is 5.27. The highest BCUT2D eigenvalue weighted by Crippen LogP contribution is 2.43. The van der Waals surface area contributed by atoms with E-state index >= 15 is 0 Å². The summed E-state index contributed by atoms with van der Waals surface area (Å²) in [6.07, 6.45) is 39.3. The predicted molar refractivity (Wildman–Crippen MR) is 214 cm³/mol. The Labute approximate surface area is 322 Å².